The van der Waals surface area contributed by atoms with Gasteiger partial charge >= 0.3 is 5.69 Å². The lowest BCUT2D eigenvalue weighted by atomic mass is 10.3. The second-order valence-electron chi connectivity index (χ2n) is 4.78. The summed E-state index contributed by atoms with van der Waals surface area (Å²) in [4.78, 5) is 18.6. The highest BCUT2D eigenvalue weighted by molar-refractivity contribution is 6.30. The van der Waals surface area contributed by atoms with Crippen molar-refractivity contribution in [1.29, 1.82) is 0 Å². The fourth-order valence-electron chi connectivity index (χ4n) is 1.89. The number of anilines is 4. The first-order valence-electron chi connectivity index (χ1n) is 7.28. The minimum Gasteiger partial charge on any atom is -0.394 e. The fraction of sp³-hybridized carbons (Fsp3) is 0.286. The van der Waals surface area contributed by atoms with Crippen LogP contribution in [0.4, 0.5) is 29.0 Å². The number of aromatic nitrogens is 2. The summed E-state index contributed by atoms with van der Waals surface area (Å²) in [6.07, 6.45) is 0. The van der Waals surface area contributed by atoms with Gasteiger partial charge in [-0.3, -0.25) is 10.1 Å². The molecule has 11 heteroatoms. The van der Waals surface area contributed by atoms with E-state index >= 15 is 0 Å². The summed E-state index contributed by atoms with van der Waals surface area (Å²) < 4.78 is 5.10. The Labute approximate surface area is 148 Å². The Morgan fingerprint density at radius 3 is 2.64 bits per heavy atom. The fourth-order valence-corrected chi connectivity index (χ4v) is 2.02. The Hall–Kier alpha value is -2.69. The van der Waals surface area contributed by atoms with Crippen molar-refractivity contribution in [2.75, 3.05) is 42.7 Å². The van der Waals surface area contributed by atoms with Gasteiger partial charge in [-0.05, 0) is 24.3 Å². The van der Waals surface area contributed by atoms with Gasteiger partial charge in [-0.15, -0.1) is 0 Å². The number of nitro groups is 1. The number of hydrogen-bond acceptors (Lipinski definition) is 9. The number of aliphatic hydroxyl groups is 1. The van der Waals surface area contributed by atoms with E-state index in [0.29, 0.717) is 23.9 Å². The summed E-state index contributed by atoms with van der Waals surface area (Å²) in [6.45, 7) is 0.794. The third kappa shape index (κ3) is 5.41. The van der Waals surface area contributed by atoms with Crippen LogP contribution in [0, 0.1) is 10.1 Å². The van der Waals surface area contributed by atoms with Crippen LogP contribution in [0.3, 0.4) is 0 Å². The largest absolute Gasteiger partial charge is 0.394 e. The van der Waals surface area contributed by atoms with Gasteiger partial charge in [0.15, 0.2) is 0 Å². The number of aliphatic hydroxyl groups excluding tert-OH is 1. The summed E-state index contributed by atoms with van der Waals surface area (Å²) in [6, 6.07) is 6.58. The molecule has 1 aromatic carbocycles. The quantitative estimate of drug-likeness (QED) is 0.295. The van der Waals surface area contributed by atoms with E-state index in [9.17, 15) is 10.1 Å². The molecule has 10 nitrogen and oxygen atoms in total. The second kappa shape index (κ2) is 8.97. The normalized spacial score (nSPS) is 10.5. The maximum atomic E-state index is 11.3. The highest BCUT2D eigenvalue weighted by Crippen LogP contribution is 2.31. The molecule has 0 spiro atoms. The van der Waals surface area contributed by atoms with Crippen LogP contribution in [0.1, 0.15) is 0 Å². The van der Waals surface area contributed by atoms with Gasteiger partial charge in [0.25, 0.3) is 0 Å². The Balaban J connectivity index is 2.19. The molecule has 0 unspecified atom stereocenters. The number of benzene rings is 1. The smallest absolute Gasteiger partial charge is 0.353 e. The number of halogens is 1. The van der Waals surface area contributed by atoms with E-state index in [4.69, 9.17) is 27.2 Å². The summed E-state index contributed by atoms with van der Waals surface area (Å²) >= 11 is 5.82. The van der Waals surface area contributed by atoms with Crippen molar-refractivity contribution in [3.05, 3.63) is 39.4 Å². The molecule has 2 rings (SSSR count). The molecule has 0 aliphatic carbocycles. The minimum atomic E-state index is -0.651. The van der Waals surface area contributed by atoms with E-state index < -0.39 is 10.6 Å². The third-order valence-electron chi connectivity index (χ3n) is 2.97. The maximum Gasteiger partial charge on any atom is 0.353 e. The van der Waals surface area contributed by atoms with Crippen LogP contribution in [-0.2, 0) is 4.74 Å². The van der Waals surface area contributed by atoms with E-state index in [1.165, 1.54) is 0 Å². The van der Waals surface area contributed by atoms with Crippen LogP contribution >= 0.6 is 11.6 Å². The SMILES string of the molecule is Nc1nc(NCCOCCO)nc(Nc2ccc(Cl)cc2)c1[N+](=O)[O-]. The summed E-state index contributed by atoms with van der Waals surface area (Å²) in [5, 5.41) is 26.1. The molecule has 0 bridgehead atoms. The maximum absolute atomic E-state index is 11.3. The minimum absolute atomic E-state index is 0.0430. The van der Waals surface area contributed by atoms with Gasteiger partial charge in [-0.1, -0.05) is 11.6 Å². The predicted octanol–water partition coefficient (Wildman–Crippen LogP) is 1.78. The zero-order valence-corrected chi connectivity index (χ0v) is 13.9. The molecule has 0 amide bonds. The average Bonchev–Trinajstić information content (AvgIpc) is 2.56. The first kappa shape index (κ1) is 18.6. The highest BCUT2D eigenvalue weighted by atomic mass is 35.5. The van der Waals surface area contributed by atoms with Gasteiger partial charge < -0.3 is 26.2 Å². The van der Waals surface area contributed by atoms with Crippen molar-refractivity contribution >= 4 is 40.6 Å². The van der Waals surface area contributed by atoms with Crippen molar-refractivity contribution in [2.45, 2.75) is 0 Å². The molecule has 1 heterocycles. The number of nitrogens with two attached hydrogens (primary N) is 1. The summed E-state index contributed by atoms with van der Waals surface area (Å²) in [5.41, 5.74) is 5.83. The monoisotopic (exact) mass is 368 g/mol. The predicted molar refractivity (Wildman–Crippen MR) is 94.2 cm³/mol. The van der Waals surface area contributed by atoms with Crippen molar-refractivity contribution in [2.24, 2.45) is 0 Å². The first-order chi connectivity index (χ1) is 12.0. The molecular formula is C14H17ClN6O4. The molecule has 25 heavy (non-hydrogen) atoms. The lowest BCUT2D eigenvalue weighted by molar-refractivity contribution is -0.383. The van der Waals surface area contributed by atoms with Gasteiger partial charge in [-0.2, -0.15) is 9.97 Å². The van der Waals surface area contributed by atoms with Crippen LogP contribution in [-0.4, -0.2) is 46.4 Å². The average molecular weight is 369 g/mol. The van der Waals surface area contributed by atoms with Gasteiger partial charge in [0.2, 0.25) is 17.6 Å². The molecule has 5 N–H and O–H groups in total. The van der Waals surface area contributed by atoms with E-state index in [2.05, 4.69) is 20.6 Å². The molecular weight excluding hydrogens is 352 g/mol. The van der Waals surface area contributed by atoms with Gasteiger partial charge in [0, 0.05) is 17.3 Å². The van der Waals surface area contributed by atoms with Crippen molar-refractivity contribution in [1.82, 2.24) is 9.97 Å². The molecule has 134 valence electrons. The van der Waals surface area contributed by atoms with Crippen molar-refractivity contribution in [3.63, 3.8) is 0 Å². The molecule has 0 radical (unpaired) electrons. The van der Waals surface area contributed by atoms with Crippen molar-refractivity contribution < 1.29 is 14.8 Å². The topological polar surface area (TPSA) is 148 Å². The second-order valence-corrected chi connectivity index (χ2v) is 5.22. The molecule has 1 aromatic heterocycles. The Kier molecular flexibility index (Phi) is 6.69. The zero-order chi connectivity index (χ0) is 18.2. The van der Waals surface area contributed by atoms with E-state index in [1.807, 2.05) is 0 Å². The Morgan fingerprint density at radius 1 is 1.28 bits per heavy atom. The highest BCUT2D eigenvalue weighted by Gasteiger charge is 2.23. The lowest BCUT2D eigenvalue weighted by Crippen LogP contribution is -2.15. The lowest BCUT2D eigenvalue weighted by Gasteiger charge is -2.11. The zero-order valence-electron chi connectivity index (χ0n) is 13.1. The van der Waals surface area contributed by atoms with Gasteiger partial charge in [0.1, 0.15) is 0 Å². The molecule has 0 saturated carbocycles. The molecule has 0 saturated heterocycles. The number of nitrogen functional groups attached to an aromatic ring is 1. The molecule has 0 aliphatic heterocycles. The van der Waals surface area contributed by atoms with E-state index in [-0.39, 0.29) is 30.8 Å². The standard InChI is InChI=1S/C14H17ClN6O4/c15-9-1-3-10(4-2-9)18-13-11(21(23)24)12(16)19-14(20-13)17-5-7-25-8-6-22/h1-4,22H,5-8H2,(H4,16,17,18,19,20). The number of ether oxygens (including phenoxy) is 1. The van der Waals surface area contributed by atoms with Crippen LogP contribution in [0.25, 0.3) is 0 Å². The molecule has 0 atom stereocenters. The molecule has 0 aliphatic rings. The van der Waals surface area contributed by atoms with Crippen LogP contribution < -0.4 is 16.4 Å². The molecule has 2 aromatic rings. The number of nitrogens with zero attached hydrogens (tertiary/aromatic N) is 3. The molecule has 0 fully saturated rings. The summed E-state index contributed by atoms with van der Waals surface area (Å²) in [7, 11) is 0. The first-order valence-corrected chi connectivity index (χ1v) is 7.66. The van der Waals surface area contributed by atoms with E-state index in [1.54, 1.807) is 24.3 Å². The number of nitrogens with one attached hydrogen (secondary N) is 2. The number of rotatable bonds is 9. The van der Waals surface area contributed by atoms with Crippen LogP contribution in [0.5, 0.6) is 0 Å². The van der Waals surface area contributed by atoms with E-state index in [0.717, 1.165) is 0 Å². The number of hydrogen-bond donors (Lipinski definition) is 4. The van der Waals surface area contributed by atoms with Crippen LogP contribution in [0.15, 0.2) is 24.3 Å². The third-order valence-corrected chi connectivity index (χ3v) is 3.22. The van der Waals surface area contributed by atoms with Crippen LogP contribution in [0.2, 0.25) is 5.02 Å². The van der Waals surface area contributed by atoms with Crippen molar-refractivity contribution in [3.8, 4) is 0 Å². The Morgan fingerprint density at radius 2 is 2.00 bits per heavy atom. The Bertz CT molecular complexity index is 728. The van der Waals surface area contributed by atoms with Gasteiger partial charge in [-0.25, -0.2) is 0 Å². The van der Waals surface area contributed by atoms with Gasteiger partial charge in [0.05, 0.1) is 24.7 Å². The summed E-state index contributed by atoms with van der Waals surface area (Å²) in [5.74, 6) is -0.194.